The normalized spacial score (nSPS) is 15.2. The van der Waals surface area contributed by atoms with E-state index in [9.17, 15) is 4.79 Å². The molecule has 0 atom stereocenters. The maximum absolute atomic E-state index is 12.5. The number of carbonyl (C=O) groups excluding carboxylic acids is 1. The molecule has 0 radical (unpaired) electrons. The molecule has 5 heteroatoms. The van der Waals surface area contributed by atoms with Crippen LogP contribution in [0.3, 0.4) is 0 Å². The number of oxime groups is 1. The smallest absolute Gasteiger partial charge is 0.254 e. The highest BCUT2D eigenvalue weighted by molar-refractivity contribution is 5.95. The Bertz CT molecular complexity index is 492. The molecule has 1 aromatic rings. The van der Waals surface area contributed by atoms with Crippen LogP contribution in [-0.4, -0.2) is 34.4 Å². The average Bonchev–Trinajstić information content (AvgIpc) is 3.31. The predicted octanol–water partition coefficient (Wildman–Crippen LogP) is 1.99. The Labute approximate surface area is 119 Å². The van der Waals surface area contributed by atoms with E-state index in [1.54, 1.807) is 0 Å². The molecule has 2 rings (SSSR count). The van der Waals surface area contributed by atoms with Gasteiger partial charge in [0.25, 0.3) is 5.91 Å². The molecule has 1 saturated carbocycles. The van der Waals surface area contributed by atoms with Crippen LogP contribution in [0.4, 0.5) is 0 Å². The van der Waals surface area contributed by atoms with Crippen molar-refractivity contribution in [3.8, 4) is 0 Å². The predicted molar refractivity (Wildman–Crippen MR) is 77.9 cm³/mol. The summed E-state index contributed by atoms with van der Waals surface area (Å²) in [5.41, 5.74) is 7.40. The fourth-order valence-electron chi connectivity index (χ4n) is 2.17. The van der Waals surface area contributed by atoms with E-state index in [2.05, 4.69) is 12.1 Å². The lowest BCUT2D eigenvalue weighted by atomic mass is 10.1. The minimum Gasteiger partial charge on any atom is -0.409 e. The number of benzene rings is 1. The third kappa shape index (κ3) is 3.50. The molecular weight excluding hydrogens is 254 g/mol. The van der Waals surface area contributed by atoms with Crippen LogP contribution in [-0.2, 0) is 6.42 Å². The first kappa shape index (κ1) is 14.4. The first-order valence-electron chi connectivity index (χ1n) is 7.02. The van der Waals surface area contributed by atoms with E-state index in [0.717, 1.165) is 19.3 Å². The molecule has 108 valence electrons. The third-order valence-electron chi connectivity index (χ3n) is 3.59. The highest BCUT2D eigenvalue weighted by atomic mass is 16.4. The number of amidine groups is 1. The minimum atomic E-state index is 0.0286. The number of nitrogens with two attached hydrogens (primary N) is 1. The number of hydrogen-bond donors (Lipinski definition) is 2. The number of rotatable bonds is 6. The van der Waals surface area contributed by atoms with Crippen molar-refractivity contribution in [2.24, 2.45) is 10.9 Å². The molecule has 1 amide bonds. The monoisotopic (exact) mass is 275 g/mol. The van der Waals surface area contributed by atoms with Crippen LogP contribution in [0.15, 0.2) is 29.4 Å². The molecular formula is C15H21N3O2. The molecule has 1 aliphatic rings. The van der Waals surface area contributed by atoms with Crippen LogP contribution in [0.2, 0.25) is 0 Å². The van der Waals surface area contributed by atoms with E-state index in [1.165, 1.54) is 5.56 Å². The van der Waals surface area contributed by atoms with E-state index < -0.39 is 0 Å². The van der Waals surface area contributed by atoms with Gasteiger partial charge in [-0.1, -0.05) is 24.2 Å². The maximum Gasteiger partial charge on any atom is 0.254 e. The molecule has 5 nitrogen and oxygen atoms in total. The third-order valence-corrected chi connectivity index (χ3v) is 3.59. The van der Waals surface area contributed by atoms with Crippen molar-refractivity contribution in [3.05, 3.63) is 35.4 Å². The Kier molecular flexibility index (Phi) is 4.61. The van der Waals surface area contributed by atoms with E-state index in [-0.39, 0.29) is 11.7 Å². The molecule has 0 aromatic heterocycles. The van der Waals surface area contributed by atoms with Gasteiger partial charge >= 0.3 is 0 Å². The molecule has 0 unspecified atom stereocenters. The van der Waals surface area contributed by atoms with Crippen LogP contribution in [0.5, 0.6) is 0 Å². The lowest BCUT2D eigenvalue weighted by Gasteiger charge is -2.22. The second-order valence-electron chi connectivity index (χ2n) is 5.12. The second-order valence-corrected chi connectivity index (χ2v) is 5.12. The topological polar surface area (TPSA) is 78.9 Å². The van der Waals surface area contributed by atoms with Crippen LogP contribution in [0, 0.1) is 0 Å². The minimum absolute atomic E-state index is 0.0286. The summed E-state index contributed by atoms with van der Waals surface area (Å²) in [6.45, 7) is 2.58. The van der Waals surface area contributed by atoms with Crippen molar-refractivity contribution in [3.63, 3.8) is 0 Å². The van der Waals surface area contributed by atoms with Crippen molar-refractivity contribution in [2.75, 3.05) is 6.54 Å². The number of amides is 1. The Morgan fingerprint density at radius 2 is 2.05 bits per heavy atom. The first-order valence-corrected chi connectivity index (χ1v) is 7.02. The zero-order valence-electron chi connectivity index (χ0n) is 11.7. The number of nitrogens with zero attached hydrogens (tertiary/aromatic N) is 2. The van der Waals surface area contributed by atoms with Crippen molar-refractivity contribution in [1.29, 1.82) is 0 Å². The summed E-state index contributed by atoms with van der Waals surface area (Å²) in [6, 6.07) is 8.03. The average molecular weight is 275 g/mol. The van der Waals surface area contributed by atoms with Gasteiger partial charge in [0.05, 0.1) is 0 Å². The van der Waals surface area contributed by atoms with E-state index in [4.69, 9.17) is 10.9 Å². The van der Waals surface area contributed by atoms with E-state index in [0.29, 0.717) is 24.6 Å². The van der Waals surface area contributed by atoms with Gasteiger partial charge in [0.1, 0.15) is 5.84 Å². The zero-order chi connectivity index (χ0) is 14.5. The van der Waals surface area contributed by atoms with E-state index in [1.807, 2.05) is 29.2 Å². The molecule has 0 heterocycles. The van der Waals surface area contributed by atoms with Gasteiger partial charge in [-0.3, -0.25) is 4.79 Å². The van der Waals surface area contributed by atoms with E-state index >= 15 is 0 Å². The van der Waals surface area contributed by atoms with Crippen molar-refractivity contribution < 1.29 is 10.0 Å². The molecule has 0 bridgehead atoms. The van der Waals surface area contributed by atoms with Crippen LogP contribution in [0.25, 0.3) is 0 Å². The summed E-state index contributed by atoms with van der Waals surface area (Å²) in [5.74, 6) is 0.186. The number of hydrogen-bond acceptors (Lipinski definition) is 3. The molecule has 3 N–H and O–H groups in total. The summed E-state index contributed by atoms with van der Waals surface area (Å²) < 4.78 is 0. The highest BCUT2D eigenvalue weighted by Crippen LogP contribution is 2.28. The van der Waals surface area contributed by atoms with Gasteiger partial charge in [-0.25, -0.2) is 0 Å². The van der Waals surface area contributed by atoms with Crippen molar-refractivity contribution in [1.82, 2.24) is 4.90 Å². The van der Waals surface area contributed by atoms with Crippen LogP contribution < -0.4 is 5.73 Å². The summed E-state index contributed by atoms with van der Waals surface area (Å²) in [6.07, 6.45) is 3.43. The van der Waals surface area contributed by atoms with Crippen LogP contribution in [0.1, 0.15) is 42.1 Å². The van der Waals surface area contributed by atoms with Gasteiger partial charge in [0, 0.05) is 24.6 Å². The Morgan fingerprint density at radius 1 is 1.40 bits per heavy atom. The molecule has 0 spiro atoms. The Hall–Kier alpha value is -2.04. The molecule has 1 aromatic carbocycles. The van der Waals surface area contributed by atoms with Gasteiger partial charge in [0.15, 0.2) is 0 Å². The summed E-state index contributed by atoms with van der Waals surface area (Å²) >= 11 is 0. The standard InChI is InChI=1S/C15H21N3O2/c1-2-11-3-5-12(6-4-11)15(19)18(13-7-8-13)10-9-14(16)17-20/h3-6,13,20H,2,7-10H2,1H3,(H2,16,17). The van der Waals surface area contributed by atoms with Gasteiger partial charge in [-0.05, 0) is 37.0 Å². The van der Waals surface area contributed by atoms with Crippen molar-refractivity contribution in [2.45, 2.75) is 38.6 Å². The van der Waals surface area contributed by atoms with Crippen molar-refractivity contribution >= 4 is 11.7 Å². The molecule has 1 aliphatic carbocycles. The molecule has 0 saturated heterocycles. The first-order chi connectivity index (χ1) is 9.65. The van der Waals surface area contributed by atoms with Gasteiger partial charge in [0.2, 0.25) is 0 Å². The maximum atomic E-state index is 12.5. The fraction of sp³-hybridized carbons (Fsp3) is 0.467. The Balaban J connectivity index is 2.05. The van der Waals surface area contributed by atoms with Gasteiger partial charge < -0.3 is 15.8 Å². The summed E-state index contributed by atoms with van der Waals surface area (Å²) in [4.78, 5) is 14.3. The quantitative estimate of drug-likeness (QED) is 0.360. The number of aryl methyl sites for hydroxylation is 1. The molecule has 20 heavy (non-hydrogen) atoms. The summed E-state index contributed by atoms with van der Waals surface area (Å²) in [5, 5.41) is 11.5. The van der Waals surface area contributed by atoms with Gasteiger partial charge in [-0.15, -0.1) is 0 Å². The second kappa shape index (κ2) is 6.41. The largest absolute Gasteiger partial charge is 0.409 e. The fourth-order valence-corrected chi connectivity index (χ4v) is 2.17. The SMILES string of the molecule is CCc1ccc(C(=O)N(CCC(N)=NO)C2CC2)cc1. The Morgan fingerprint density at radius 3 is 2.55 bits per heavy atom. The lowest BCUT2D eigenvalue weighted by Crippen LogP contribution is -2.35. The molecule has 0 aliphatic heterocycles. The summed E-state index contributed by atoms with van der Waals surface area (Å²) in [7, 11) is 0. The molecule has 1 fully saturated rings. The number of carbonyl (C=O) groups is 1. The lowest BCUT2D eigenvalue weighted by molar-refractivity contribution is 0.0747. The van der Waals surface area contributed by atoms with Crippen LogP contribution >= 0.6 is 0 Å². The highest BCUT2D eigenvalue weighted by Gasteiger charge is 2.32. The zero-order valence-corrected chi connectivity index (χ0v) is 11.7. The van der Waals surface area contributed by atoms with Gasteiger partial charge in [-0.2, -0.15) is 0 Å².